The summed E-state index contributed by atoms with van der Waals surface area (Å²) in [6, 6.07) is 9.21. The van der Waals surface area contributed by atoms with Gasteiger partial charge < -0.3 is 14.8 Å². The molecular weight excluding hydrogens is 529 g/mol. The first-order chi connectivity index (χ1) is 19.5. The van der Waals surface area contributed by atoms with Crippen molar-refractivity contribution in [2.75, 3.05) is 0 Å². The summed E-state index contributed by atoms with van der Waals surface area (Å²) in [6.45, 7) is 3.93. The number of nitrogens with one attached hydrogen (secondary N) is 1. The molecule has 1 radical (unpaired) electrons. The summed E-state index contributed by atoms with van der Waals surface area (Å²) in [7, 11) is 0. The van der Waals surface area contributed by atoms with E-state index in [9.17, 15) is 18.0 Å². The van der Waals surface area contributed by atoms with Crippen molar-refractivity contribution in [1.82, 2.24) is 10.3 Å². The minimum Gasteiger partial charge on any atom is -0.458 e. The van der Waals surface area contributed by atoms with E-state index in [1.165, 1.54) is 6.92 Å². The number of aromatic nitrogens is 1. The van der Waals surface area contributed by atoms with Crippen LogP contribution in [0, 0.1) is 12.3 Å². The third-order valence-electron chi connectivity index (χ3n) is 7.99. The molecule has 1 amide bonds. The lowest BCUT2D eigenvalue weighted by Gasteiger charge is -2.24. The lowest BCUT2D eigenvalue weighted by atomic mass is 9.87. The number of nitrogens with zero attached hydrogens (tertiary/aromatic N) is 1. The second-order valence-electron chi connectivity index (χ2n) is 10.9. The van der Waals surface area contributed by atoms with Crippen molar-refractivity contribution in [2.24, 2.45) is 5.92 Å². The fourth-order valence-corrected chi connectivity index (χ4v) is 5.24. The predicted octanol–water partition coefficient (Wildman–Crippen LogP) is 8.07. The number of rotatable bonds is 10. The number of pyridine rings is 1. The topological polar surface area (TPSA) is 60.5 Å². The van der Waals surface area contributed by atoms with E-state index >= 15 is 0 Å². The maximum atomic E-state index is 15.0. The molecule has 3 unspecified atom stereocenters. The number of amides is 1. The van der Waals surface area contributed by atoms with Crippen LogP contribution in [0.1, 0.15) is 76.8 Å². The zero-order valence-corrected chi connectivity index (χ0v) is 23.6. The van der Waals surface area contributed by atoms with E-state index in [0.29, 0.717) is 29.7 Å². The van der Waals surface area contributed by atoms with Gasteiger partial charge >= 0.3 is 6.61 Å². The van der Waals surface area contributed by atoms with Gasteiger partial charge in [-0.15, -0.1) is 0 Å². The van der Waals surface area contributed by atoms with E-state index in [1.54, 1.807) is 25.3 Å². The third-order valence-corrected chi connectivity index (χ3v) is 7.99. The lowest BCUT2D eigenvalue weighted by molar-refractivity contribution is -0.119. The fourth-order valence-electron chi connectivity index (χ4n) is 5.24. The highest BCUT2D eigenvalue weighted by atomic mass is 19.3. The summed E-state index contributed by atoms with van der Waals surface area (Å²) >= 11 is 0. The van der Waals surface area contributed by atoms with E-state index in [0.717, 1.165) is 40.0 Å². The largest absolute Gasteiger partial charge is 0.458 e. The third kappa shape index (κ3) is 6.58. The van der Waals surface area contributed by atoms with E-state index in [4.69, 9.17) is 9.47 Å². The number of halogens is 3. The van der Waals surface area contributed by atoms with E-state index in [-0.39, 0.29) is 31.5 Å². The molecule has 1 aromatic carbocycles. The van der Waals surface area contributed by atoms with Crippen LogP contribution in [0.4, 0.5) is 13.2 Å². The van der Waals surface area contributed by atoms with Gasteiger partial charge in [0.25, 0.3) is 0 Å². The Hall–Kier alpha value is -3.81. The highest BCUT2D eigenvalue weighted by Gasteiger charge is 2.29. The van der Waals surface area contributed by atoms with Crippen LogP contribution in [0.25, 0.3) is 11.1 Å². The zero-order valence-electron chi connectivity index (χ0n) is 23.6. The highest BCUT2D eigenvalue weighted by Crippen LogP contribution is 2.43. The number of carbonyl (C=O) groups excluding carboxylic acids is 1. The Balaban J connectivity index is 0.00000405. The lowest BCUT2D eigenvalue weighted by Crippen LogP contribution is -2.25. The quantitative estimate of drug-likeness (QED) is 0.317. The molecule has 2 aromatic rings. The predicted molar refractivity (Wildman–Crippen MR) is 154 cm³/mol. The standard InChI is InChI=1S/C33H34F3N2O3.H2/c1-5-33(4,36)41-29-17-24(9-11-25(29)22-7-8-22)31-20(3)19(2)23(10-14-28(31)40-32(34)35)16-21-6-12-26(37-18-21)27-13-15-30(39)38-27;/h6-12,14,17-18,23,27,32H,5,13,15-16H2,1-4H3,(H,38,39);1H. The van der Waals surface area contributed by atoms with Crippen LogP contribution in [0.2, 0.25) is 0 Å². The van der Waals surface area contributed by atoms with E-state index in [2.05, 4.69) is 10.3 Å². The minimum atomic E-state index is -3.02. The number of hydrogen-bond donors (Lipinski definition) is 1. The van der Waals surface area contributed by atoms with Crippen molar-refractivity contribution in [1.29, 1.82) is 0 Å². The summed E-state index contributed by atoms with van der Waals surface area (Å²) in [5, 5.41) is 2.93. The van der Waals surface area contributed by atoms with E-state index < -0.39 is 12.5 Å². The Bertz CT molecular complexity index is 1460. The summed E-state index contributed by atoms with van der Waals surface area (Å²) in [5.41, 5.74) is 6.38. The Morgan fingerprint density at radius 3 is 2.61 bits per heavy atom. The van der Waals surface area contributed by atoms with Gasteiger partial charge in [0, 0.05) is 50.9 Å². The van der Waals surface area contributed by atoms with Crippen LogP contribution in [0.3, 0.4) is 0 Å². The molecule has 1 aliphatic heterocycles. The number of ether oxygens (including phenoxy) is 2. The minimum absolute atomic E-state index is 0. The molecule has 217 valence electrons. The molecule has 3 atom stereocenters. The smallest absolute Gasteiger partial charge is 0.387 e. The molecule has 1 N–H and O–H groups in total. The number of carbonyl (C=O) groups is 1. The van der Waals surface area contributed by atoms with Gasteiger partial charge in [-0.25, -0.2) is 0 Å². The molecule has 1 aromatic heterocycles. The van der Waals surface area contributed by atoms with Crippen molar-refractivity contribution in [3.8, 4) is 5.75 Å². The van der Waals surface area contributed by atoms with Gasteiger partial charge in [0.2, 0.25) is 11.8 Å². The second-order valence-corrected chi connectivity index (χ2v) is 10.9. The Kier molecular flexibility index (Phi) is 8.11. The summed E-state index contributed by atoms with van der Waals surface area (Å²) < 4.78 is 53.0. The van der Waals surface area contributed by atoms with Crippen LogP contribution in [0.15, 0.2) is 71.7 Å². The van der Waals surface area contributed by atoms with Gasteiger partial charge in [0.1, 0.15) is 11.5 Å². The van der Waals surface area contributed by atoms with Crippen molar-refractivity contribution < 1.29 is 28.9 Å². The maximum Gasteiger partial charge on any atom is 0.387 e. The van der Waals surface area contributed by atoms with E-state index in [1.807, 2.05) is 56.7 Å². The van der Waals surface area contributed by atoms with Gasteiger partial charge in [0.05, 0.1) is 11.7 Å². The van der Waals surface area contributed by atoms with Crippen molar-refractivity contribution >= 4 is 17.1 Å². The molecule has 2 aliphatic carbocycles. The number of alkyl halides is 3. The molecule has 5 rings (SSSR count). The summed E-state index contributed by atoms with van der Waals surface area (Å²) in [5.74, 6) is -1.57. The van der Waals surface area contributed by atoms with Crippen LogP contribution in [-0.4, -0.2) is 23.4 Å². The number of hydrogen-bond acceptors (Lipinski definition) is 4. The molecule has 1 saturated heterocycles. The average Bonchev–Trinajstić information content (AvgIpc) is 3.70. The van der Waals surface area contributed by atoms with Gasteiger partial charge in [-0.1, -0.05) is 42.8 Å². The molecule has 0 spiro atoms. The zero-order chi connectivity index (χ0) is 29.3. The average molecular weight is 566 g/mol. The SMILES string of the molecule is CCC(C)(F)Oc1cc(C2=C(OC(F)F)C=CC(Cc3ccc(C4CCC(=O)N4)nc3)C(C)=C2C)ccc1C1=C[CH]1.[HH]. The fraction of sp³-hybridized carbons (Fsp3) is 0.364. The first-order valence-corrected chi connectivity index (χ1v) is 13.9. The number of benzene rings is 1. The normalized spacial score (nSPS) is 22.0. The number of allylic oxidation sites excluding steroid dienone is 7. The molecule has 8 heteroatoms. The molecule has 3 aliphatic rings. The Labute approximate surface area is 240 Å². The van der Waals surface area contributed by atoms with Gasteiger partial charge in [-0.05, 0) is 67.2 Å². The van der Waals surface area contributed by atoms with Crippen LogP contribution in [0.5, 0.6) is 5.75 Å². The molecule has 5 nitrogen and oxygen atoms in total. The molecular formula is C33H36F3N2O3. The summed E-state index contributed by atoms with van der Waals surface area (Å²) in [4.78, 5) is 16.2. The second kappa shape index (κ2) is 11.6. The monoisotopic (exact) mass is 565 g/mol. The van der Waals surface area contributed by atoms with Gasteiger partial charge in [-0.2, -0.15) is 13.2 Å². The maximum absolute atomic E-state index is 15.0. The molecule has 41 heavy (non-hydrogen) atoms. The Morgan fingerprint density at radius 2 is 2.00 bits per heavy atom. The van der Waals surface area contributed by atoms with Crippen molar-refractivity contribution in [3.63, 3.8) is 0 Å². The van der Waals surface area contributed by atoms with Gasteiger partial charge in [0.15, 0.2) is 0 Å². The molecule has 0 bridgehead atoms. The first kappa shape index (κ1) is 28.7. The van der Waals surface area contributed by atoms with Crippen LogP contribution >= 0.6 is 0 Å². The van der Waals surface area contributed by atoms with Crippen LogP contribution < -0.4 is 10.1 Å². The Morgan fingerprint density at radius 1 is 1.22 bits per heavy atom. The molecule has 0 saturated carbocycles. The van der Waals surface area contributed by atoms with Gasteiger partial charge in [-0.3, -0.25) is 9.78 Å². The highest BCUT2D eigenvalue weighted by molar-refractivity contribution is 5.91. The first-order valence-electron chi connectivity index (χ1n) is 13.9. The summed E-state index contributed by atoms with van der Waals surface area (Å²) in [6.07, 6.45) is 11.1. The molecule has 1 fully saturated rings. The molecule has 2 heterocycles. The van der Waals surface area contributed by atoms with Crippen molar-refractivity contribution in [3.05, 3.63) is 100 Å². The van der Waals surface area contributed by atoms with Crippen LogP contribution in [-0.2, 0) is 16.0 Å². The van der Waals surface area contributed by atoms with Crippen molar-refractivity contribution in [2.45, 2.75) is 71.9 Å².